The van der Waals surface area contributed by atoms with Crippen molar-refractivity contribution < 1.29 is 14.3 Å². The Hall–Kier alpha value is -3.28. The van der Waals surface area contributed by atoms with Crippen molar-refractivity contribution in [2.45, 2.75) is 19.8 Å². The van der Waals surface area contributed by atoms with E-state index >= 15 is 0 Å². The second-order valence-electron chi connectivity index (χ2n) is 6.11. The Kier molecular flexibility index (Phi) is 6.10. The normalized spacial score (nSPS) is 10.6. The summed E-state index contributed by atoms with van der Waals surface area (Å²) in [5.41, 5.74) is 2.78. The number of rotatable bonds is 8. The molecule has 3 N–H and O–H groups in total. The van der Waals surface area contributed by atoms with E-state index in [2.05, 4.69) is 15.6 Å². The highest BCUT2D eigenvalue weighted by atomic mass is 16.5. The van der Waals surface area contributed by atoms with Gasteiger partial charge < -0.3 is 20.4 Å². The molecule has 0 aliphatic rings. The van der Waals surface area contributed by atoms with Crippen LogP contribution in [0.3, 0.4) is 0 Å². The van der Waals surface area contributed by atoms with E-state index in [4.69, 9.17) is 4.74 Å². The molecule has 27 heavy (non-hydrogen) atoms. The van der Waals surface area contributed by atoms with Crippen molar-refractivity contribution in [1.82, 2.24) is 10.3 Å². The summed E-state index contributed by atoms with van der Waals surface area (Å²) >= 11 is 0. The number of aromatic amines is 1. The van der Waals surface area contributed by atoms with Gasteiger partial charge in [0.25, 0.3) is 0 Å². The van der Waals surface area contributed by atoms with Crippen LogP contribution in [-0.2, 0) is 16.0 Å². The predicted octanol–water partition coefficient (Wildman–Crippen LogP) is 3.25. The first-order chi connectivity index (χ1) is 13.2. The number of nitrogens with one attached hydrogen (secondary N) is 3. The van der Waals surface area contributed by atoms with Gasteiger partial charge in [-0.1, -0.05) is 30.3 Å². The van der Waals surface area contributed by atoms with Gasteiger partial charge in [-0.15, -0.1) is 0 Å². The summed E-state index contributed by atoms with van der Waals surface area (Å²) in [6.45, 7) is 2.85. The third-order valence-corrected chi connectivity index (χ3v) is 4.17. The van der Waals surface area contributed by atoms with Crippen LogP contribution in [0.4, 0.5) is 5.69 Å². The van der Waals surface area contributed by atoms with Gasteiger partial charge in [-0.2, -0.15) is 0 Å². The summed E-state index contributed by atoms with van der Waals surface area (Å²) in [5.74, 6) is -0.0823. The van der Waals surface area contributed by atoms with Crippen LogP contribution in [0.1, 0.15) is 18.9 Å². The van der Waals surface area contributed by atoms with Gasteiger partial charge in [0.15, 0.2) is 0 Å². The summed E-state index contributed by atoms with van der Waals surface area (Å²) < 4.78 is 5.47. The molecule has 2 aromatic carbocycles. The molecule has 140 valence electrons. The number of amides is 2. The molecule has 1 aromatic heterocycles. The molecule has 0 bridgehead atoms. The Labute approximate surface area is 157 Å². The highest BCUT2D eigenvalue weighted by Crippen LogP contribution is 2.23. The monoisotopic (exact) mass is 365 g/mol. The molecule has 6 heteroatoms. The fraction of sp³-hybridized carbons (Fsp3) is 0.238. The lowest BCUT2D eigenvalue weighted by Gasteiger charge is -2.11. The van der Waals surface area contributed by atoms with Crippen LogP contribution in [0, 0.1) is 0 Å². The van der Waals surface area contributed by atoms with Crippen LogP contribution in [0.15, 0.2) is 54.7 Å². The van der Waals surface area contributed by atoms with Crippen LogP contribution in [0.2, 0.25) is 0 Å². The average Bonchev–Trinajstić information content (AvgIpc) is 3.07. The number of H-pyrrole nitrogens is 1. The van der Waals surface area contributed by atoms with Crippen molar-refractivity contribution in [2.24, 2.45) is 0 Å². The molecule has 0 saturated heterocycles. The molecule has 1 heterocycles. The van der Waals surface area contributed by atoms with Gasteiger partial charge in [-0.05, 0) is 37.1 Å². The van der Waals surface area contributed by atoms with Crippen LogP contribution in [0.25, 0.3) is 10.9 Å². The zero-order valence-electron chi connectivity index (χ0n) is 15.2. The highest BCUT2D eigenvalue weighted by molar-refractivity contribution is 6.04. The van der Waals surface area contributed by atoms with E-state index in [1.807, 2.05) is 43.5 Å². The van der Waals surface area contributed by atoms with Gasteiger partial charge in [0, 0.05) is 23.6 Å². The van der Waals surface area contributed by atoms with Crippen molar-refractivity contribution >= 4 is 28.4 Å². The third kappa shape index (κ3) is 4.88. The van der Waals surface area contributed by atoms with Gasteiger partial charge >= 0.3 is 0 Å². The minimum absolute atomic E-state index is 0.228. The van der Waals surface area contributed by atoms with Crippen LogP contribution in [-0.4, -0.2) is 29.9 Å². The fourth-order valence-electron chi connectivity index (χ4n) is 2.93. The van der Waals surface area contributed by atoms with E-state index in [9.17, 15) is 9.59 Å². The van der Waals surface area contributed by atoms with E-state index in [0.29, 0.717) is 31.0 Å². The predicted molar refractivity (Wildman–Crippen MR) is 106 cm³/mol. The van der Waals surface area contributed by atoms with Crippen LogP contribution < -0.4 is 15.4 Å². The van der Waals surface area contributed by atoms with Crippen LogP contribution in [0.5, 0.6) is 5.75 Å². The number of carbonyl (C=O) groups is 2. The molecule has 0 spiro atoms. The third-order valence-electron chi connectivity index (χ3n) is 4.17. The average molecular weight is 365 g/mol. The zero-order chi connectivity index (χ0) is 19.1. The molecule has 0 unspecified atom stereocenters. The van der Waals surface area contributed by atoms with E-state index in [1.54, 1.807) is 18.2 Å². The Morgan fingerprint density at radius 1 is 1.04 bits per heavy atom. The molecule has 3 aromatic rings. The lowest BCUT2D eigenvalue weighted by molar-refractivity contribution is -0.126. The number of carbonyl (C=O) groups excluding carboxylic acids is 2. The Bertz CT molecular complexity index is 933. The number of anilines is 1. The molecule has 3 rings (SSSR count). The zero-order valence-corrected chi connectivity index (χ0v) is 15.2. The smallest absolute Gasteiger partial charge is 0.233 e. The van der Waals surface area contributed by atoms with Crippen molar-refractivity contribution in [2.75, 3.05) is 18.5 Å². The van der Waals surface area contributed by atoms with Gasteiger partial charge in [0.1, 0.15) is 12.2 Å². The Morgan fingerprint density at radius 2 is 1.81 bits per heavy atom. The first-order valence-corrected chi connectivity index (χ1v) is 9.00. The summed E-state index contributed by atoms with van der Waals surface area (Å²) in [4.78, 5) is 27.4. The Morgan fingerprint density at radius 3 is 2.67 bits per heavy atom. The van der Waals surface area contributed by atoms with Gasteiger partial charge in [0.2, 0.25) is 11.8 Å². The first-order valence-electron chi connectivity index (χ1n) is 9.00. The summed E-state index contributed by atoms with van der Waals surface area (Å²) in [6.07, 6.45) is 2.42. The molecular formula is C21H23N3O3. The number of hydrogen-bond acceptors (Lipinski definition) is 3. The SMILES string of the molecule is CCOc1ccccc1NC(=O)CC(=O)NCCc1c[nH]c2ccccc12. The maximum Gasteiger partial charge on any atom is 0.233 e. The second-order valence-corrected chi connectivity index (χ2v) is 6.11. The Balaban J connectivity index is 1.47. The first kappa shape index (κ1) is 18.5. The van der Waals surface area contributed by atoms with Gasteiger partial charge in [-0.3, -0.25) is 9.59 Å². The summed E-state index contributed by atoms with van der Waals surface area (Å²) in [6, 6.07) is 15.2. The van der Waals surface area contributed by atoms with Crippen molar-refractivity contribution in [1.29, 1.82) is 0 Å². The molecule has 2 amide bonds. The van der Waals surface area contributed by atoms with E-state index in [-0.39, 0.29) is 18.2 Å². The number of benzene rings is 2. The minimum atomic E-state index is -0.369. The second kappa shape index (κ2) is 8.89. The molecule has 0 atom stereocenters. The maximum atomic E-state index is 12.1. The topological polar surface area (TPSA) is 83.2 Å². The van der Waals surface area contributed by atoms with Crippen molar-refractivity contribution in [3.63, 3.8) is 0 Å². The number of fused-ring (bicyclic) bond motifs is 1. The fourth-order valence-corrected chi connectivity index (χ4v) is 2.93. The van der Waals surface area contributed by atoms with Crippen molar-refractivity contribution in [3.05, 3.63) is 60.3 Å². The summed E-state index contributed by atoms with van der Waals surface area (Å²) in [7, 11) is 0. The molecule has 6 nitrogen and oxygen atoms in total. The lowest BCUT2D eigenvalue weighted by atomic mass is 10.1. The number of aromatic nitrogens is 1. The highest BCUT2D eigenvalue weighted by Gasteiger charge is 2.12. The van der Waals surface area contributed by atoms with Crippen LogP contribution >= 0.6 is 0 Å². The molecular weight excluding hydrogens is 342 g/mol. The molecule has 0 saturated carbocycles. The van der Waals surface area contributed by atoms with E-state index in [1.165, 1.54) is 0 Å². The standard InChI is InChI=1S/C21H23N3O3/c1-2-27-19-10-6-5-9-18(19)24-21(26)13-20(25)22-12-11-15-14-23-17-8-4-3-7-16(15)17/h3-10,14,23H,2,11-13H2,1H3,(H,22,25)(H,24,26). The quantitative estimate of drug-likeness (QED) is 0.536. The van der Waals surface area contributed by atoms with Crippen molar-refractivity contribution in [3.8, 4) is 5.75 Å². The van der Waals surface area contributed by atoms with E-state index in [0.717, 1.165) is 16.5 Å². The molecule has 0 fully saturated rings. The van der Waals surface area contributed by atoms with E-state index < -0.39 is 0 Å². The van der Waals surface area contributed by atoms with Gasteiger partial charge in [-0.25, -0.2) is 0 Å². The molecule has 0 radical (unpaired) electrons. The number of ether oxygens (including phenoxy) is 1. The molecule has 0 aliphatic carbocycles. The number of hydrogen-bond donors (Lipinski definition) is 3. The molecule has 0 aliphatic heterocycles. The largest absolute Gasteiger partial charge is 0.492 e. The maximum absolute atomic E-state index is 12.1. The van der Waals surface area contributed by atoms with Gasteiger partial charge in [0.05, 0.1) is 12.3 Å². The number of para-hydroxylation sites is 3. The lowest BCUT2D eigenvalue weighted by Crippen LogP contribution is -2.29. The minimum Gasteiger partial charge on any atom is -0.492 e. The summed E-state index contributed by atoms with van der Waals surface area (Å²) in [5, 5.41) is 6.67.